The number of amides is 1. The van der Waals surface area contributed by atoms with Crippen molar-refractivity contribution in [3.05, 3.63) is 52.8 Å². The predicted molar refractivity (Wildman–Crippen MR) is 94.5 cm³/mol. The van der Waals surface area contributed by atoms with E-state index in [1.807, 2.05) is 29.2 Å². The van der Waals surface area contributed by atoms with Crippen LogP contribution in [0.25, 0.3) is 0 Å². The number of benzene rings is 1. The van der Waals surface area contributed by atoms with E-state index in [9.17, 15) is 4.79 Å². The first-order valence-corrected chi connectivity index (χ1v) is 8.66. The van der Waals surface area contributed by atoms with Crippen molar-refractivity contribution < 1.29 is 14.3 Å². The lowest BCUT2D eigenvalue weighted by Crippen LogP contribution is -2.41. The number of methoxy groups -OCH3 is 1. The molecule has 1 aliphatic heterocycles. The van der Waals surface area contributed by atoms with Crippen molar-refractivity contribution >= 4 is 21.8 Å². The van der Waals surface area contributed by atoms with Gasteiger partial charge in [-0.3, -0.25) is 9.78 Å². The van der Waals surface area contributed by atoms with Crippen molar-refractivity contribution in [2.75, 3.05) is 20.2 Å². The molecule has 0 aliphatic carbocycles. The molecule has 5 nitrogen and oxygen atoms in total. The van der Waals surface area contributed by atoms with Crippen LogP contribution in [0, 0.1) is 0 Å². The molecule has 0 spiro atoms. The molecule has 0 saturated carbocycles. The van der Waals surface area contributed by atoms with Gasteiger partial charge in [0, 0.05) is 36.6 Å². The topological polar surface area (TPSA) is 51.7 Å². The molecule has 0 unspecified atom stereocenters. The van der Waals surface area contributed by atoms with Crippen molar-refractivity contribution in [1.29, 1.82) is 0 Å². The average molecular weight is 391 g/mol. The van der Waals surface area contributed by atoms with E-state index in [2.05, 4.69) is 20.9 Å². The molecule has 1 aliphatic rings. The minimum absolute atomic E-state index is 0.0144. The molecule has 3 rings (SSSR count). The minimum atomic E-state index is 0.0144. The van der Waals surface area contributed by atoms with E-state index < -0.39 is 0 Å². The van der Waals surface area contributed by atoms with Gasteiger partial charge in [-0.25, -0.2) is 0 Å². The molecule has 0 radical (unpaired) electrons. The summed E-state index contributed by atoms with van der Waals surface area (Å²) < 4.78 is 11.9. The first-order valence-electron chi connectivity index (χ1n) is 7.87. The molecule has 0 atom stereocenters. The second kappa shape index (κ2) is 7.66. The first kappa shape index (κ1) is 16.8. The summed E-state index contributed by atoms with van der Waals surface area (Å²) in [4.78, 5) is 18.7. The van der Waals surface area contributed by atoms with Crippen LogP contribution in [0.5, 0.6) is 11.5 Å². The largest absolute Gasteiger partial charge is 0.497 e. The van der Waals surface area contributed by atoms with E-state index >= 15 is 0 Å². The van der Waals surface area contributed by atoms with Crippen LogP contribution in [0.1, 0.15) is 23.2 Å². The minimum Gasteiger partial charge on any atom is -0.497 e. The number of nitrogens with zero attached hydrogens (tertiary/aromatic N) is 2. The van der Waals surface area contributed by atoms with Gasteiger partial charge in [0.05, 0.1) is 18.9 Å². The Hall–Kier alpha value is -2.08. The van der Waals surface area contributed by atoms with Crippen LogP contribution in [0.3, 0.4) is 0 Å². The molecule has 0 bridgehead atoms. The maximum absolute atomic E-state index is 12.7. The Morgan fingerprint density at radius 1 is 1.25 bits per heavy atom. The zero-order valence-corrected chi connectivity index (χ0v) is 15.0. The number of ether oxygens (including phenoxy) is 2. The second-order valence-corrected chi connectivity index (χ2v) is 6.50. The molecule has 1 amide bonds. The number of carbonyl (C=O) groups excluding carboxylic acids is 1. The highest BCUT2D eigenvalue weighted by Gasteiger charge is 2.26. The molecule has 1 aromatic heterocycles. The van der Waals surface area contributed by atoms with Gasteiger partial charge in [0.2, 0.25) is 0 Å². The maximum atomic E-state index is 12.7. The van der Waals surface area contributed by atoms with Crippen LogP contribution >= 0.6 is 15.9 Å². The summed E-state index contributed by atoms with van der Waals surface area (Å²) in [6, 6.07) is 9.19. The molecule has 2 heterocycles. The third kappa shape index (κ3) is 3.87. The van der Waals surface area contributed by atoms with Gasteiger partial charge in [-0.05, 0) is 46.3 Å². The Bertz CT molecular complexity index is 701. The highest BCUT2D eigenvalue weighted by Crippen LogP contribution is 2.26. The Morgan fingerprint density at radius 2 is 2.04 bits per heavy atom. The molecule has 1 aromatic carbocycles. The van der Waals surface area contributed by atoms with Gasteiger partial charge in [0.1, 0.15) is 17.6 Å². The van der Waals surface area contributed by atoms with E-state index in [0.29, 0.717) is 24.4 Å². The van der Waals surface area contributed by atoms with E-state index in [1.54, 1.807) is 25.6 Å². The predicted octanol–water partition coefficient (Wildman–Crippen LogP) is 3.54. The van der Waals surface area contributed by atoms with E-state index in [1.165, 1.54) is 0 Å². The van der Waals surface area contributed by atoms with Gasteiger partial charge in [0.25, 0.3) is 5.91 Å². The van der Waals surface area contributed by atoms with Gasteiger partial charge in [0.15, 0.2) is 0 Å². The second-order valence-electron chi connectivity index (χ2n) is 5.64. The SMILES string of the molecule is COc1ccc(Br)c(C(=O)N2CCC(Oc3cccnc3)CC2)c1. The van der Waals surface area contributed by atoms with E-state index in [0.717, 1.165) is 23.1 Å². The molecule has 2 aromatic rings. The van der Waals surface area contributed by atoms with Gasteiger partial charge in [-0.1, -0.05) is 0 Å². The highest BCUT2D eigenvalue weighted by molar-refractivity contribution is 9.10. The number of halogens is 1. The fraction of sp³-hybridized carbons (Fsp3) is 0.333. The van der Waals surface area contributed by atoms with Crippen LogP contribution in [0.4, 0.5) is 0 Å². The zero-order valence-electron chi connectivity index (χ0n) is 13.4. The maximum Gasteiger partial charge on any atom is 0.255 e. The summed E-state index contributed by atoms with van der Waals surface area (Å²) >= 11 is 3.45. The molecule has 1 saturated heterocycles. The number of carbonyl (C=O) groups is 1. The van der Waals surface area contributed by atoms with Crippen LogP contribution in [0.15, 0.2) is 47.2 Å². The number of piperidine rings is 1. The lowest BCUT2D eigenvalue weighted by molar-refractivity contribution is 0.0594. The molecule has 6 heteroatoms. The number of aromatic nitrogens is 1. The van der Waals surface area contributed by atoms with Crippen molar-refractivity contribution in [3.8, 4) is 11.5 Å². The average Bonchev–Trinajstić information content (AvgIpc) is 2.63. The molecule has 126 valence electrons. The summed E-state index contributed by atoms with van der Waals surface area (Å²) in [6.45, 7) is 1.35. The van der Waals surface area contributed by atoms with Gasteiger partial charge in [-0.15, -0.1) is 0 Å². The Balaban J connectivity index is 1.61. The smallest absolute Gasteiger partial charge is 0.255 e. The van der Waals surface area contributed by atoms with Crippen LogP contribution < -0.4 is 9.47 Å². The number of likely N-dealkylation sites (tertiary alicyclic amines) is 1. The van der Waals surface area contributed by atoms with Gasteiger partial charge >= 0.3 is 0 Å². The molecule has 1 fully saturated rings. The Labute approximate surface area is 149 Å². The summed E-state index contributed by atoms with van der Waals surface area (Å²) in [5, 5.41) is 0. The standard InChI is InChI=1S/C18H19BrN2O3/c1-23-14-4-5-17(19)16(11-14)18(22)21-9-6-13(7-10-21)24-15-3-2-8-20-12-15/h2-5,8,11-13H,6-7,9-10H2,1H3. The molecule has 24 heavy (non-hydrogen) atoms. The summed E-state index contributed by atoms with van der Waals surface area (Å²) in [6.07, 6.45) is 5.17. The number of pyridine rings is 1. The van der Waals surface area contributed by atoms with Gasteiger partial charge in [-0.2, -0.15) is 0 Å². The highest BCUT2D eigenvalue weighted by atomic mass is 79.9. The third-order valence-corrected chi connectivity index (χ3v) is 4.76. The normalized spacial score (nSPS) is 15.2. The number of hydrogen-bond donors (Lipinski definition) is 0. The van der Waals surface area contributed by atoms with Gasteiger partial charge < -0.3 is 14.4 Å². The quantitative estimate of drug-likeness (QED) is 0.800. The lowest BCUT2D eigenvalue weighted by Gasteiger charge is -2.32. The summed E-state index contributed by atoms with van der Waals surface area (Å²) in [7, 11) is 1.60. The fourth-order valence-corrected chi connectivity index (χ4v) is 3.17. The number of hydrogen-bond acceptors (Lipinski definition) is 4. The first-order chi connectivity index (χ1) is 11.7. The van der Waals surface area contributed by atoms with Crippen LogP contribution in [-0.2, 0) is 0 Å². The lowest BCUT2D eigenvalue weighted by atomic mass is 10.1. The van der Waals surface area contributed by atoms with Crippen molar-refractivity contribution in [2.24, 2.45) is 0 Å². The zero-order chi connectivity index (χ0) is 16.9. The van der Waals surface area contributed by atoms with Crippen molar-refractivity contribution in [1.82, 2.24) is 9.88 Å². The van der Waals surface area contributed by atoms with Crippen LogP contribution in [0.2, 0.25) is 0 Å². The van der Waals surface area contributed by atoms with Crippen molar-refractivity contribution in [2.45, 2.75) is 18.9 Å². The van der Waals surface area contributed by atoms with Crippen molar-refractivity contribution in [3.63, 3.8) is 0 Å². The molecular weight excluding hydrogens is 372 g/mol. The fourth-order valence-electron chi connectivity index (χ4n) is 2.75. The Morgan fingerprint density at radius 3 is 2.71 bits per heavy atom. The number of rotatable bonds is 4. The van der Waals surface area contributed by atoms with E-state index in [-0.39, 0.29) is 12.0 Å². The van der Waals surface area contributed by atoms with Crippen LogP contribution in [-0.4, -0.2) is 42.1 Å². The third-order valence-electron chi connectivity index (χ3n) is 4.07. The summed E-state index contributed by atoms with van der Waals surface area (Å²) in [5.41, 5.74) is 0.626. The Kier molecular flexibility index (Phi) is 5.35. The molecular formula is C18H19BrN2O3. The summed E-state index contributed by atoms with van der Waals surface area (Å²) in [5.74, 6) is 1.47. The molecule has 0 N–H and O–H groups in total. The van der Waals surface area contributed by atoms with E-state index in [4.69, 9.17) is 9.47 Å². The monoisotopic (exact) mass is 390 g/mol.